The third-order valence-corrected chi connectivity index (χ3v) is 6.30. The lowest BCUT2D eigenvalue weighted by atomic mass is 9.98. The Balaban J connectivity index is 1.46. The Morgan fingerprint density at radius 2 is 1.60 bits per heavy atom. The molecule has 0 saturated carbocycles. The summed E-state index contributed by atoms with van der Waals surface area (Å²) in [5, 5.41) is 12.5. The second-order valence-electron chi connectivity index (χ2n) is 8.91. The first kappa shape index (κ1) is 22.5. The van der Waals surface area contributed by atoms with Crippen molar-refractivity contribution in [2.45, 2.75) is 20.4 Å². The lowest BCUT2D eigenvalue weighted by Gasteiger charge is -2.17. The van der Waals surface area contributed by atoms with E-state index in [0.717, 1.165) is 44.1 Å². The third-order valence-electron chi connectivity index (χ3n) is 6.30. The van der Waals surface area contributed by atoms with E-state index in [-0.39, 0.29) is 5.92 Å². The normalized spacial score (nSPS) is 12.1. The highest BCUT2D eigenvalue weighted by Gasteiger charge is 2.19. The van der Waals surface area contributed by atoms with Crippen LogP contribution in [0.2, 0.25) is 0 Å². The Kier molecular flexibility index (Phi) is 6.15. The van der Waals surface area contributed by atoms with Crippen LogP contribution in [0.5, 0.6) is 11.6 Å². The molecule has 1 aromatic heterocycles. The average molecular weight is 466 g/mol. The van der Waals surface area contributed by atoms with Crippen molar-refractivity contribution in [2.24, 2.45) is 5.92 Å². The van der Waals surface area contributed by atoms with Crippen LogP contribution in [0.1, 0.15) is 12.5 Å². The molecule has 0 saturated heterocycles. The molecule has 0 aliphatic heterocycles. The molecular weight excluding hydrogens is 438 g/mol. The molecular formula is C30H27NO4. The number of aromatic nitrogens is 1. The van der Waals surface area contributed by atoms with Crippen LogP contribution < -0.4 is 9.47 Å². The highest BCUT2D eigenvalue weighted by atomic mass is 16.7. The zero-order valence-electron chi connectivity index (χ0n) is 19.8. The van der Waals surface area contributed by atoms with Gasteiger partial charge in [-0.2, -0.15) is 0 Å². The second kappa shape index (κ2) is 9.55. The Bertz CT molecular complexity index is 1510. The lowest BCUT2D eigenvalue weighted by Crippen LogP contribution is -2.17. The van der Waals surface area contributed by atoms with E-state index in [4.69, 9.17) is 9.47 Å². The van der Waals surface area contributed by atoms with E-state index in [1.807, 2.05) is 59.2 Å². The van der Waals surface area contributed by atoms with Gasteiger partial charge in [-0.25, -0.2) is 4.79 Å². The second-order valence-corrected chi connectivity index (χ2v) is 8.91. The molecule has 1 atom stereocenters. The molecule has 35 heavy (non-hydrogen) atoms. The van der Waals surface area contributed by atoms with Crippen LogP contribution in [0.25, 0.3) is 32.8 Å². The highest BCUT2D eigenvalue weighted by molar-refractivity contribution is 5.97. The van der Waals surface area contributed by atoms with Gasteiger partial charge in [-0.1, -0.05) is 79.7 Å². The van der Waals surface area contributed by atoms with Crippen LogP contribution in [0.4, 0.5) is 4.79 Å². The van der Waals surface area contributed by atoms with E-state index in [0.29, 0.717) is 19.0 Å². The first-order valence-electron chi connectivity index (χ1n) is 11.7. The fraction of sp³-hybridized carbons (Fsp3) is 0.167. The van der Waals surface area contributed by atoms with Gasteiger partial charge in [0.25, 0.3) is 0 Å². The zero-order valence-corrected chi connectivity index (χ0v) is 19.8. The SMILES string of the molecule is Cc1ccccc1-c1cccc2c1cc(OC(=O)O)n2C[C@@H](C)COc1cccc2ccccc12. The first-order valence-corrected chi connectivity index (χ1v) is 11.7. The molecule has 5 aromatic rings. The van der Waals surface area contributed by atoms with Crippen LogP contribution in [-0.2, 0) is 6.54 Å². The van der Waals surface area contributed by atoms with Gasteiger partial charge in [0, 0.05) is 29.3 Å². The molecule has 0 aliphatic carbocycles. The lowest BCUT2D eigenvalue weighted by molar-refractivity contribution is 0.139. The van der Waals surface area contributed by atoms with Crippen LogP contribution in [0.3, 0.4) is 0 Å². The van der Waals surface area contributed by atoms with E-state index in [2.05, 4.69) is 50.2 Å². The van der Waals surface area contributed by atoms with Crippen molar-refractivity contribution >= 4 is 27.8 Å². The van der Waals surface area contributed by atoms with Gasteiger partial charge < -0.3 is 19.1 Å². The Hall–Kier alpha value is -4.25. The summed E-state index contributed by atoms with van der Waals surface area (Å²) in [6, 6.07) is 30.3. The van der Waals surface area contributed by atoms with Crippen molar-refractivity contribution in [1.82, 2.24) is 4.57 Å². The Morgan fingerprint density at radius 1 is 0.886 bits per heavy atom. The van der Waals surface area contributed by atoms with Crippen LogP contribution in [-0.4, -0.2) is 22.4 Å². The summed E-state index contributed by atoms with van der Waals surface area (Å²) in [5.41, 5.74) is 4.25. The summed E-state index contributed by atoms with van der Waals surface area (Å²) >= 11 is 0. The number of carbonyl (C=O) groups is 1. The van der Waals surface area contributed by atoms with Crippen molar-refractivity contribution in [3.05, 3.63) is 96.6 Å². The minimum absolute atomic E-state index is 0.0998. The molecule has 0 spiro atoms. The van der Waals surface area contributed by atoms with Gasteiger partial charge in [-0.15, -0.1) is 0 Å². The number of carboxylic acid groups (broad SMARTS) is 1. The molecule has 0 fully saturated rings. The molecule has 0 amide bonds. The number of hydrogen-bond donors (Lipinski definition) is 1. The summed E-state index contributed by atoms with van der Waals surface area (Å²) < 4.78 is 13.3. The minimum atomic E-state index is -1.33. The maximum atomic E-state index is 11.5. The van der Waals surface area contributed by atoms with Gasteiger partial charge in [-0.3, -0.25) is 0 Å². The smallest absolute Gasteiger partial charge is 0.493 e. The summed E-state index contributed by atoms with van der Waals surface area (Å²) in [4.78, 5) is 11.5. The molecule has 1 heterocycles. The summed E-state index contributed by atoms with van der Waals surface area (Å²) in [5.74, 6) is 1.25. The standard InChI is InChI=1S/C30H27NO4/c1-20(19-34-28-16-7-11-22-10-4-6-13-24(22)28)18-31-27-15-8-14-25(23-12-5-3-9-21(23)2)26(27)17-29(31)35-30(32)33/h3-17,20H,18-19H2,1-2H3,(H,32,33)/t20-/m1/s1. The van der Waals surface area contributed by atoms with E-state index < -0.39 is 6.16 Å². The molecule has 0 bridgehead atoms. The van der Waals surface area contributed by atoms with Crippen molar-refractivity contribution in [3.8, 4) is 22.8 Å². The molecule has 0 aliphatic rings. The monoisotopic (exact) mass is 465 g/mol. The largest absolute Gasteiger partial charge is 0.512 e. The van der Waals surface area contributed by atoms with Gasteiger partial charge >= 0.3 is 6.16 Å². The first-order chi connectivity index (χ1) is 17.0. The summed E-state index contributed by atoms with van der Waals surface area (Å²) in [6.07, 6.45) is -1.33. The van der Waals surface area contributed by atoms with Crippen molar-refractivity contribution < 1.29 is 19.4 Å². The number of ether oxygens (including phenoxy) is 2. The summed E-state index contributed by atoms with van der Waals surface area (Å²) in [7, 11) is 0. The quantitative estimate of drug-likeness (QED) is 0.252. The fourth-order valence-corrected chi connectivity index (χ4v) is 4.65. The number of rotatable bonds is 7. The predicted octanol–water partition coefficient (Wildman–Crippen LogP) is 7.54. The van der Waals surface area contributed by atoms with Gasteiger partial charge in [0.05, 0.1) is 12.1 Å². The molecule has 4 aromatic carbocycles. The average Bonchev–Trinajstić information content (AvgIpc) is 3.19. The molecule has 1 N–H and O–H groups in total. The topological polar surface area (TPSA) is 60.7 Å². The van der Waals surface area contributed by atoms with Crippen LogP contribution >= 0.6 is 0 Å². The Labute approximate surface area is 204 Å². The Morgan fingerprint density at radius 3 is 2.43 bits per heavy atom. The number of benzene rings is 4. The number of nitrogens with zero attached hydrogens (tertiary/aromatic N) is 1. The maximum Gasteiger partial charge on any atom is 0.512 e. The number of hydrogen-bond acceptors (Lipinski definition) is 3. The number of aryl methyl sites for hydroxylation is 1. The van der Waals surface area contributed by atoms with Crippen molar-refractivity contribution in [1.29, 1.82) is 0 Å². The molecule has 5 heteroatoms. The molecule has 5 rings (SSSR count). The van der Waals surface area contributed by atoms with E-state index in [1.54, 1.807) is 0 Å². The van der Waals surface area contributed by atoms with Gasteiger partial charge in [0.15, 0.2) is 0 Å². The molecule has 0 radical (unpaired) electrons. The van der Waals surface area contributed by atoms with E-state index in [9.17, 15) is 9.90 Å². The van der Waals surface area contributed by atoms with E-state index in [1.165, 1.54) is 0 Å². The van der Waals surface area contributed by atoms with Crippen LogP contribution in [0.15, 0.2) is 91.0 Å². The van der Waals surface area contributed by atoms with Gasteiger partial charge in [0.2, 0.25) is 5.88 Å². The molecule has 0 unspecified atom stereocenters. The third kappa shape index (κ3) is 4.58. The van der Waals surface area contributed by atoms with Gasteiger partial charge in [-0.05, 0) is 41.1 Å². The minimum Gasteiger partial charge on any atom is -0.493 e. The van der Waals surface area contributed by atoms with Crippen LogP contribution in [0, 0.1) is 12.8 Å². The van der Waals surface area contributed by atoms with Crippen molar-refractivity contribution in [2.75, 3.05) is 6.61 Å². The predicted molar refractivity (Wildman–Crippen MR) is 139 cm³/mol. The molecule has 176 valence electrons. The highest BCUT2D eigenvalue weighted by Crippen LogP contribution is 2.36. The zero-order chi connectivity index (χ0) is 24.4. The summed E-state index contributed by atoms with van der Waals surface area (Å²) in [6.45, 7) is 5.20. The number of fused-ring (bicyclic) bond motifs is 2. The van der Waals surface area contributed by atoms with Gasteiger partial charge in [0.1, 0.15) is 5.75 Å². The maximum absolute atomic E-state index is 11.5. The van der Waals surface area contributed by atoms with Crippen molar-refractivity contribution in [3.63, 3.8) is 0 Å². The molecule has 5 nitrogen and oxygen atoms in total. The fourth-order valence-electron chi connectivity index (χ4n) is 4.65. The van der Waals surface area contributed by atoms with E-state index >= 15 is 0 Å².